The van der Waals surface area contributed by atoms with E-state index in [1.165, 1.54) is 48.2 Å². The van der Waals surface area contributed by atoms with Crippen molar-refractivity contribution < 1.29 is 17.6 Å². The summed E-state index contributed by atoms with van der Waals surface area (Å²) in [6.45, 7) is 1.88. The van der Waals surface area contributed by atoms with E-state index in [1.54, 1.807) is 6.07 Å². The van der Waals surface area contributed by atoms with Gasteiger partial charge in [0.15, 0.2) is 0 Å². The highest BCUT2D eigenvalue weighted by Gasteiger charge is 2.22. The molecule has 1 atom stereocenters. The number of carbonyl (C=O) groups excluding carboxylic acids is 1. The van der Waals surface area contributed by atoms with Crippen molar-refractivity contribution in [2.45, 2.75) is 23.3 Å². The van der Waals surface area contributed by atoms with E-state index in [1.807, 2.05) is 6.92 Å². The van der Waals surface area contributed by atoms with Crippen molar-refractivity contribution in [3.8, 4) is 0 Å². The molecule has 1 amide bonds. The molecule has 0 aromatic heterocycles. The smallest absolute Gasteiger partial charge is 0.240 e. The molecule has 2 aromatic carbocycles. The van der Waals surface area contributed by atoms with Gasteiger partial charge in [0.1, 0.15) is 5.82 Å². The minimum absolute atomic E-state index is 0.0534. The number of anilines is 1. The molecule has 0 bridgehead atoms. The van der Waals surface area contributed by atoms with Crippen molar-refractivity contribution in [1.82, 2.24) is 4.72 Å². The van der Waals surface area contributed by atoms with Crippen molar-refractivity contribution in [2.75, 3.05) is 11.1 Å². The van der Waals surface area contributed by atoms with Gasteiger partial charge in [0.25, 0.3) is 0 Å². The molecule has 0 radical (unpaired) electrons. The summed E-state index contributed by atoms with van der Waals surface area (Å²) in [7, 11) is -3.75. The average molecular weight is 380 g/mol. The van der Waals surface area contributed by atoms with Crippen molar-refractivity contribution in [1.29, 1.82) is 0 Å². The minimum atomic E-state index is -3.75. The Labute approximate surface area is 150 Å². The molecule has 1 aliphatic heterocycles. The van der Waals surface area contributed by atoms with E-state index < -0.39 is 10.0 Å². The maximum atomic E-state index is 12.9. The van der Waals surface area contributed by atoms with Crippen LogP contribution in [-0.2, 0) is 21.4 Å². The lowest BCUT2D eigenvalue weighted by molar-refractivity contribution is -0.118. The number of carbonyl (C=O) groups is 1. The number of sulfonamides is 1. The van der Waals surface area contributed by atoms with E-state index in [0.717, 1.165) is 4.90 Å². The number of hydrogen-bond acceptors (Lipinski definition) is 4. The molecule has 3 rings (SSSR count). The van der Waals surface area contributed by atoms with Crippen molar-refractivity contribution >= 4 is 33.4 Å². The summed E-state index contributed by atoms with van der Waals surface area (Å²) in [5, 5.41) is 2.77. The summed E-state index contributed by atoms with van der Waals surface area (Å²) in [6, 6.07) is 10.3. The van der Waals surface area contributed by atoms with Gasteiger partial charge in [-0.3, -0.25) is 4.79 Å². The fourth-order valence-electron chi connectivity index (χ4n) is 2.31. The van der Waals surface area contributed by atoms with Crippen molar-refractivity contribution in [3.05, 3.63) is 53.8 Å². The van der Waals surface area contributed by atoms with Gasteiger partial charge >= 0.3 is 0 Å². The van der Waals surface area contributed by atoms with Crippen LogP contribution >= 0.6 is 11.8 Å². The zero-order valence-electron chi connectivity index (χ0n) is 13.5. The third kappa shape index (κ3) is 4.20. The number of fused-ring (bicyclic) bond motifs is 1. The lowest BCUT2D eigenvalue weighted by Gasteiger charge is -2.11. The van der Waals surface area contributed by atoms with Crippen molar-refractivity contribution in [2.24, 2.45) is 5.92 Å². The predicted octanol–water partition coefficient (Wildman–Crippen LogP) is 2.98. The van der Waals surface area contributed by atoms with E-state index >= 15 is 0 Å². The Morgan fingerprint density at radius 1 is 1.24 bits per heavy atom. The summed E-state index contributed by atoms with van der Waals surface area (Å²) in [6.07, 6.45) is 0. The van der Waals surface area contributed by atoms with Crippen molar-refractivity contribution in [3.63, 3.8) is 0 Å². The first kappa shape index (κ1) is 17.9. The summed E-state index contributed by atoms with van der Waals surface area (Å²) in [5.41, 5.74) is 1.15. The molecule has 5 nitrogen and oxygen atoms in total. The molecule has 0 aliphatic carbocycles. The zero-order valence-corrected chi connectivity index (χ0v) is 15.1. The Morgan fingerprint density at radius 2 is 1.96 bits per heavy atom. The van der Waals surface area contributed by atoms with Gasteiger partial charge in [-0.15, -0.1) is 11.8 Å². The van der Waals surface area contributed by atoms with Gasteiger partial charge in [0.2, 0.25) is 15.9 Å². The molecule has 1 unspecified atom stereocenters. The highest BCUT2D eigenvalue weighted by molar-refractivity contribution is 7.99. The molecule has 1 aliphatic rings. The molecule has 0 saturated carbocycles. The minimum Gasteiger partial charge on any atom is -0.325 e. The highest BCUT2D eigenvalue weighted by Crippen LogP contribution is 2.34. The molecule has 8 heteroatoms. The van der Waals surface area contributed by atoms with E-state index in [9.17, 15) is 17.6 Å². The van der Waals surface area contributed by atoms with E-state index in [2.05, 4.69) is 10.0 Å². The summed E-state index contributed by atoms with van der Waals surface area (Å²) in [4.78, 5) is 12.9. The van der Waals surface area contributed by atoms with Crippen LogP contribution in [-0.4, -0.2) is 20.1 Å². The number of amides is 1. The number of hydrogen-bond donors (Lipinski definition) is 2. The molecular weight excluding hydrogens is 363 g/mol. The molecule has 2 aromatic rings. The maximum absolute atomic E-state index is 12.9. The first-order chi connectivity index (χ1) is 11.8. The summed E-state index contributed by atoms with van der Waals surface area (Å²) in [5.74, 6) is 0.00209. The fraction of sp³-hybridized carbons (Fsp3) is 0.235. The maximum Gasteiger partial charge on any atom is 0.240 e. The Kier molecular flexibility index (Phi) is 5.12. The molecule has 132 valence electrons. The second-order valence-electron chi connectivity index (χ2n) is 5.81. The van der Waals surface area contributed by atoms with Gasteiger partial charge < -0.3 is 5.32 Å². The monoisotopic (exact) mass is 380 g/mol. The van der Waals surface area contributed by atoms with Crippen LogP contribution in [0.15, 0.2) is 52.3 Å². The first-order valence-electron chi connectivity index (χ1n) is 7.67. The van der Waals surface area contributed by atoms with Gasteiger partial charge in [0.05, 0.1) is 10.6 Å². The zero-order chi connectivity index (χ0) is 18.0. The topological polar surface area (TPSA) is 75.3 Å². The number of thioether (sulfide) groups is 1. The van der Waals surface area contributed by atoms with Gasteiger partial charge in [-0.05, 0) is 35.9 Å². The van der Waals surface area contributed by atoms with Crippen LogP contribution in [0.3, 0.4) is 0 Å². The van der Waals surface area contributed by atoms with Gasteiger partial charge in [-0.25, -0.2) is 17.5 Å². The molecule has 1 heterocycles. The van der Waals surface area contributed by atoms with Crippen LogP contribution in [0.4, 0.5) is 10.1 Å². The quantitative estimate of drug-likeness (QED) is 0.855. The van der Waals surface area contributed by atoms with Crippen LogP contribution < -0.4 is 10.0 Å². The van der Waals surface area contributed by atoms with Gasteiger partial charge in [0, 0.05) is 23.1 Å². The standard InChI is InChI=1S/C17H17FN2O3S2/c1-11-10-24-16-7-6-14(8-15(16)20-17(11)21)25(22,23)19-9-12-2-4-13(18)5-3-12/h2-8,11,19H,9-10H2,1H3,(H,20,21). The summed E-state index contributed by atoms with van der Waals surface area (Å²) >= 11 is 1.52. The SMILES string of the molecule is CC1CSc2ccc(S(=O)(=O)NCc3ccc(F)cc3)cc2NC1=O. The number of halogens is 1. The third-order valence-electron chi connectivity index (χ3n) is 3.84. The second kappa shape index (κ2) is 7.15. The number of nitrogens with one attached hydrogen (secondary N) is 2. The predicted molar refractivity (Wildman–Crippen MR) is 95.4 cm³/mol. The lowest BCUT2D eigenvalue weighted by atomic mass is 10.2. The van der Waals surface area contributed by atoms with Gasteiger partial charge in [-0.1, -0.05) is 19.1 Å². The molecular formula is C17H17FN2O3S2. The largest absolute Gasteiger partial charge is 0.325 e. The van der Waals surface area contributed by atoms with Crippen LogP contribution in [0.25, 0.3) is 0 Å². The fourth-order valence-corrected chi connectivity index (χ4v) is 4.36. The lowest BCUT2D eigenvalue weighted by Crippen LogP contribution is -2.24. The molecule has 0 saturated heterocycles. The van der Waals surface area contributed by atoms with Crippen LogP contribution in [0.5, 0.6) is 0 Å². The Hall–Kier alpha value is -1.90. The first-order valence-corrected chi connectivity index (χ1v) is 10.1. The number of benzene rings is 2. The third-order valence-corrected chi connectivity index (χ3v) is 6.57. The van der Waals surface area contributed by atoms with E-state index in [0.29, 0.717) is 17.0 Å². The second-order valence-corrected chi connectivity index (χ2v) is 8.64. The van der Waals surface area contributed by atoms with Crippen LogP contribution in [0.2, 0.25) is 0 Å². The van der Waals surface area contributed by atoms with Gasteiger partial charge in [-0.2, -0.15) is 0 Å². The summed E-state index contributed by atoms with van der Waals surface area (Å²) < 4.78 is 40.4. The van der Waals surface area contributed by atoms with E-state index in [4.69, 9.17) is 0 Å². The Bertz CT molecular complexity index is 899. The molecule has 0 fully saturated rings. The Morgan fingerprint density at radius 3 is 2.68 bits per heavy atom. The highest BCUT2D eigenvalue weighted by atomic mass is 32.2. The molecule has 2 N–H and O–H groups in total. The van der Waals surface area contributed by atoms with Crippen LogP contribution in [0, 0.1) is 11.7 Å². The Balaban J connectivity index is 1.79. The van der Waals surface area contributed by atoms with Crippen LogP contribution in [0.1, 0.15) is 12.5 Å². The molecule has 25 heavy (non-hydrogen) atoms. The number of rotatable bonds is 4. The normalized spacial score (nSPS) is 17.5. The van der Waals surface area contributed by atoms with E-state index in [-0.39, 0.29) is 29.1 Å². The molecule has 0 spiro atoms. The average Bonchev–Trinajstić information content (AvgIpc) is 2.73.